The number of likely N-dealkylation sites (tertiary alicyclic amines) is 1. The summed E-state index contributed by atoms with van der Waals surface area (Å²) in [5.74, 6) is 1.90. The number of ether oxygens (including phenoxy) is 1. The van der Waals surface area contributed by atoms with Crippen molar-refractivity contribution in [1.29, 1.82) is 0 Å². The largest absolute Gasteiger partial charge is 0.497 e. The van der Waals surface area contributed by atoms with E-state index in [4.69, 9.17) is 9.15 Å². The molecular formula is C19H19N3O3S. The van der Waals surface area contributed by atoms with E-state index < -0.39 is 0 Å². The molecule has 0 spiro atoms. The molecule has 1 atom stereocenters. The molecule has 1 unspecified atom stereocenters. The zero-order valence-electron chi connectivity index (χ0n) is 14.4. The van der Waals surface area contributed by atoms with Crippen LogP contribution in [-0.2, 0) is 0 Å². The molecular weight excluding hydrogens is 350 g/mol. The van der Waals surface area contributed by atoms with Crippen LogP contribution in [0.15, 0.2) is 45.5 Å². The minimum atomic E-state index is 0.00572. The summed E-state index contributed by atoms with van der Waals surface area (Å²) in [5.41, 5.74) is 1.57. The lowest BCUT2D eigenvalue weighted by atomic mass is 9.97. The normalized spacial score (nSPS) is 17.3. The number of rotatable bonds is 4. The fraction of sp³-hybridized carbons (Fsp3) is 0.316. The number of aromatic nitrogens is 2. The van der Waals surface area contributed by atoms with Crippen LogP contribution in [0.1, 0.15) is 35.0 Å². The average molecular weight is 369 g/mol. The minimum absolute atomic E-state index is 0.00572. The number of methoxy groups -OCH3 is 1. The zero-order valence-corrected chi connectivity index (χ0v) is 15.2. The predicted molar refractivity (Wildman–Crippen MR) is 98.5 cm³/mol. The van der Waals surface area contributed by atoms with Crippen LogP contribution in [0.3, 0.4) is 0 Å². The minimum Gasteiger partial charge on any atom is -0.497 e. The van der Waals surface area contributed by atoms with Crippen LogP contribution in [0.25, 0.3) is 11.5 Å². The molecule has 0 bridgehead atoms. The Morgan fingerprint density at radius 2 is 2.27 bits per heavy atom. The van der Waals surface area contributed by atoms with E-state index in [1.165, 1.54) is 0 Å². The van der Waals surface area contributed by atoms with E-state index in [9.17, 15) is 4.79 Å². The van der Waals surface area contributed by atoms with Crippen molar-refractivity contribution >= 4 is 17.2 Å². The number of piperidine rings is 1. The molecule has 1 aromatic carbocycles. The van der Waals surface area contributed by atoms with Gasteiger partial charge in [-0.05, 0) is 42.5 Å². The molecule has 0 saturated carbocycles. The van der Waals surface area contributed by atoms with Gasteiger partial charge >= 0.3 is 0 Å². The number of thiophene rings is 1. The Hall–Kier alpha value is -2.67. The maximum Gasteiger partial charge on any atom is 0.254 e. The zero-order chi connectivity index (χ0) is 17.9. The second kappa shape index (κ2) is 7.29. The van der Waals surface area contributed by atoms with Gasteiger partial charge in [-0.3, -0.25) is 4.79 Å². The third-order valence-corrected chi connectivity index (χ3v) is 5.27. The quantitative estimate of drug-likeness (QED) is 0.699. The average Bonchev–Trinajstić information content (AvgIpc) is 3.39. The van der Waals surface area contributed by atoms with Crippen LogP contribution < -0.4 is 4.74 Å². The van der Waals surface area contributed by atoms with Crippen molar-refractivity contribution in [2.45, 2.75) is 18.8 Å². The third-order valence-electron chi connectivity index (χ3n) is 4.58. The third kappa shape index (κ3) is 3.35. The van der Waals surface area contributed by atoms with Gasteiger partial charge in [0.15, 0.2) is 0 Å². The van der Waals surface area contributed by atoms with Gasteiger partial charge in [-0.25, -0.2) is 0 Å². The molecule has 6 nitrogen and oxygen atoms in total. The van der Waals surface area contributed by atoms with E-state index in [-0.39, 0.29) is 11.8 Å². The van der Waals surface area contributed by atoms with Crippen LogP contribution in [0.4, 0.5) is 0 Å². The lowest BCUT2D eigenvalue weighted by Crippen LogP contribution is -2.39. The van der Waals surface area contributed by atoms with Gasteiger partial charge in [0, 0.05) is 29.6 Å². The van der Waals surface area contributed by atoms with Gasteiger partial charge in [0.05, 0.1) is 13.0 Å². The number of nitrogens with zero attached hydrogens (tertiary/aromatic N) is 3. The van der Waals surface area contributed by atoms with E-state index in [2.05, 4.69) is 10.2 Å². The molecule has 4 rings (SSSR count). The monoisotopic (exact) mass is 369 g/mol. The first-order valence-corrected chi connectivity index (χ1v) is 9.48. The first-order valence-electron chi connectivity index (χ1n) is 8.54. The van der Waals surface area contributed by atoms with Gasteiger partial charge in [0.25, 0.3) is 5.91 Å². The smallest absolute Gasteiger partial charge is 0.254 e. The predicted octanol–water partition coefficient (Wildman–Crippen LogP) is 3.83. The summed E-state index contributed by atoms with van der Waals surface area (Å²) in [6.07, 6.45) is 1.85. The lowest BCUT2D eigenvalue weighted by molar-refractivity contribution is 0.0698. The fourth-order valence-corrected chi connectivity index (χ4v) is 3.83. The molecule has 1 aliphatic heterocycles. The van der Waals surface area contributed by atoms with Gasteiger partial charge in [-0.2, -0.15) is 11.3 Å². The van der Waals surface area contributed by atoms with Crippen molar-refractivity contribution in [1.82, 2.24) is 15.1 Å². The fourth-order valence-electron chi connectivity index (χ4n) is 3.20. The second-order valence-corrected chi connectivity index (χ2v) is 7.06. The summed E-state index contributed by atoms with van der Waals surface area (Å²) < 4.78 is 11.1. The highest BCUT2D eigenvalue weighted by molar-refractivity contribution is 7.08. The number of hydrogen-bond acceptors (Lipinski definition) is 6. The Morgan fingerprint density at radius 3 is 3.08 bits per heavy atom. The van der Waals surface area contributed by atoms with Crippen LogP contribution in [0.5, 0.6) is 5.75 Å². The summed E-state index contributed by atoms with van der Waals surface area (Å²) in [4.78, 5) is 14.7. The number of benzene rings is 1. The van der Waals surface area contributed by atoms with E-state index in [0.29, 0.717) is 29.6 Å². The standard InChI is InChI=1S/C19H19N3O3S/c1-24-16-6-2-4-13(10-16)19(23)22-8-3-5-14(11-22)17-20-21-18(25-17)15-7-9-26-12-15/h2,4,6-7,9-10,12,14H,3,5,8,11H2,1H3. The summed E-state index contributed by atoms with van der Waals surface area (Å²) >= 11 is 1.59. The van der Waals surface area contributed by atoms with Crippen LogP contribution >= 0.6 is 11.3 Å². The molecule has 1 amide bonds. The van der Waals surface area contributed by atoms with Crippen LogP contribution in [0.2, 0.25) is 0 Å². The van der Waals surface area contributed by atoms with Crippen molar-refractivity contribution in [2.24, 2.45) is 0 Å². The molecule has 0 radical (unpaired) electrons. The van der Waals surface area contributed by atoms with E-state index in [1.807, 2.05) is 39.9 Å². The molecule has 134 valence electrons. The summed E-state index contributed by atoms with van der Waals surface area (Å²) in [7, 11) is 1.60. The molecule has 1 fully saturated rings. The molecule has 0 N–H and O–H groups in total. The molecule has 26 heavy (non-hydrogen) atoms. The Labute approximate surface area is 155 Å². The number of carbonyl (C=O) groups excluding carboxylic acids is 1. The van der Waals surface area contributed by atoms with Crippen molar-refractivity contribution in [3.63, 3.8) is 0 Å². The van der Waals surface area contributed by atoms with Crippen LogP contribution in [0, 0.1) is 0 Å². The number of carbonyl (C=O) groups is 1. The topological polar surface area (TPSA) is 68.5 Å². The highest BCUT2D eigenvalue weighted by Crippen LogP contribution is 2.30. The van der Waals surface area contributed by atoms with Crippen molar-refractivity contribution in [3.8, 4) is 17.2 Å². The first kappa shape index (κ1) is 16.8. The van der Waals surface area contributed by atoms with Crippen molar-refractivity contribution < 1.29 is 13.9 Å². The summed E-state index contributed by atoms with van der Waals surface area (Å²) in [5, 5.41) is 12.3. The molecule has 3 heterocycles. The SMILES string of the molecule is COc1cccc(C(=O)N2CCCC(c3nnc(-c4ccsc4)o3)C2)c1. The Balaban J connectivity index is 1.49. The molecule has 2 aromatic heterocycles. The van der Waals surface area contributed by atoms with Crippen LogP contribution in [-0.4, -0.2) is 41.2 Å². The first-order chi connectivity index (χ1) is 12.7. The van der Waals surface area contributed by atoms with E-state index in [0.717, 1.165) is 24.9 Å². The number of hydrogen-bond donors (Lipinski definition) is 0. The van der Waals surface area contributed by atoms with Crippen molar-refractivity contribution in [2.75, 3.05) is 20.2 Å². The molecule has 3 aromatic rings. The molecule has 1 saturated heterocycles. The second-order valence-electron chi connectivity index (χ2n) is 6.28. The van der Waals surface area contributed by atoms with Gasteiger partial charge in [-0.1, -0.05) is 6.07 Å². The number of amides is 1. The lowest BCUT2D eigenvalue weighted by Gasteiger charge is -2.31. The van der Waals surface area contributed by atoms with E-state index >= 15 is 0 Å². The Kier molecular flexibility index (Phi) is 4.71. The highest BCUT2D eigenvalue weighted by atomic mass is 32.1. The Bertz CT molecular complexity index is 891. The van der Waals surface area contributed by atoms with E-state index in [1.54, 1.807) is 24.5 Å². The molecule has 0 aliphatic carbocycles. The summed E-state index contributed by atoms with van der Waals surface area (Å²) in [6, 6.07) is 9.21. The maximum absolute atomic E-state index is 12.8. The van der Waals surface area contributed by atoms with Gasteiger partial charge in [-0.15, -0.1) is 10.2 Å². The molecule has 7 heteroatoms. The highest BCUT2D eigenvalue weighted by Gasteiger charge is 2.29. The maximum atomic E-state index is 12.8. The Morgan fingerprint density at radius 1 is 1.35 bits per heavy atom. The summed E-state index contributed by atoms with van der Waals surface area (Å²) in [6.45, 7) is 1.32. The molecule has 1 aliphatic rings. The van der Waals surface area contributed by atoms with Gasteiger partial charge in [0.2, 0.25) is 11.8 Å². The van der Waals surface area contributed by atoms with Crippen molar-refractivity contribution in [3.05, 3.63) is 52.5 Å². The van der Waals surface area contributed by atoms with Gasteiger partial charge in [0.1, 0.15) is 5.75 Å². The van der Waals surface area contributed by atoms with Gasteiger partial charge < -0.3 is 14.1 Å².